The first-order chi connectivity index (χ1) is 25.5. The number of nitrogens with zero attached hydrogens (tertiary/aromatic N) is 3. The average molecular weight is 795 g/mol. The molecule has 1 aliphatic heterocycles. The number of anilines is 2. The number of rotatable bonds is 12. The number of carbonyl (C=O) groups is 2. The molecule has 0 fully saturated rings. The lowest BCUT2D eigenvalue weighted by atomic mass is 9.89. The van der Waals surface area contributed by atoms with E-state index >= 15 is 0 Å². The molecule has 1 aromatic heterocycles. The highest BCUT2D eigenvalue weighted by atomic mass is 19.4. The van der Waals surface area contributed by atoms with Crippen LogP contribution in [0, 0.1) is 0 Å². The van der Waals surface area contributed by atoms with E-state index in [2.05, 4.69) is 15.3 Å². The molecule has 1 aliphatic rings. The van der Waals surface area contributed by atoms with Crippen LogP contribution in [-0.4, -0.2) is 60.6 Å². The fourth-order valence-corrected chi connectivity index (χ4v) is 5.78. The highest BCUT2D eigenvalue weighted by molar-refractivity contribution is 5.90. The summed E-state index contributed by atoms with van der Waals surface area (Å²) < 4.78 is 145. The topological polar surface area (TPSA) is 112 Å². The van der Waals surface area contributed by atoms with Gasteiger partial charge in [-0.25, -0.2) is 14.8 Å². The third kappa shape index (κ3) is 11.6. The molecule has 2 aromatic carbocycles. The van der Waals surface area contributed by atoms with Crippen LogP contribution in [0.2, 0.25) is 0 Å². The number of carbonyl (C=O) groups excluding carboxylic acids is 2. The van der Waals surface area contributed by atoms with Crippen molar-refractivity contribution in [1.82, 2.24) is 9.97 Å². The van der Waals surface area contributed by atoms with Crippen LogP contribution >= 0.6 is 0 Å². The minimum Gasteiger partial charge on any atom is -0.488 e. The molecule has 0 bridgehead atoms. The Kier molecular flexibility index (Phi) is 13.2. The Morgan fingerprint density at radius 1 is 0.873 bits per heavy atom. The summed E-state index contributed by atoms with van der Waals surface area (Å²) in [6.07, 6.45) is -15.4. The molecule has 2 heterocycles. The van der Waals surface area contributed by atoms with E-state index in [9.17, 15) is 49.1 Å². The van der Waals surface area contributed by atoms with E-state index in [1.807, 2.05) is 0 Å². The van der Waals surface area contributed by atoms with Crippen LogP contribution in [-0.2, 0) is 44.0 Å². The summed E-state index contributed by atoms with van der Waals surface area (Å²) in [6, 6.07) is 2.16. The van der Waals surface area contributed by atoms with Crippen molar-refractivity contribution in [2.24, 2.45) is 0 Å². The van der Waals surface area contributed by atoms with Crippen molar-refractivity contribution in [3.63, 3.8) is 0 Å². The lowest BCUT2D eigenvalue weighted by molar-refractivity contribution is -0.155. The van der Waals surface area contributed by atoms with Gasteiger partial charge in [0.25, 0.3) is 0 Å². The van der Waals surface area contributed by atoms with Crippen LogP contribution in [0.4, 0.5) is 55.9 Å². The predicted molar refractivity (Wildman–Crippen MR) is 179 cm³/mol. The van der Waals surface area contributed by atoms with E-state index in [-0.39, 0.29) is 73.8 Å². The number of alkyl halides is 9. The second-order valence-electron chi connectivity index (χ2n) is 13.5. The van der Waals surface area contributed by atoms with E-state index in [0.717, 1.165) is 24.4 Å². The number of methoxy groups -OCH3 is 1. The molecular formula is C36H39F9N4O6. The number of aromatic nitrogens is 2. The quantitative estimate of drug-likeness (QED) is 0.109. The first-order valence-corrected chi connectivity index (χ1v) is 16.9. The van der Waals surface area contributed by atoms with Crippen molar-refractivity contribution < 1.29 is 68.1 Å². The summed E-state index contributed by atoms with van der Waals surface area (Å²) in [7, 11) is 1.37. The monoisotopic (exact) mass is 794 g/mol. The summed E-state index contributed by atoms with van der Waals surface area (Å²) in [5.74, 6) is -0.966. The SMILES string of the molecule is CC[C@@H]1C[C@H](Nc2ncc(OCCOC)c(Cc3cc(C(F)(F)F)cc(C(F)(F)F)c3)n2)c2cc(C(F)(F)F)ccc2N1C(=O)OCCC(=O)OC(C)(C)C. The van der Waals surface area contributed by atoms with Gasteiger partial charge in [-0.1, -0.05) is 6.92 Å². The molecule has 1 amide bonds. The van der Waals surface area contributed by atoms with Crippen molar-refractivity contribution in [3.8, 4) is 5.75 Å². The molecular weight excluding hydrogens is 755 g/mol. The van der Waals surface area contributed by atoms with Crippen molar-refractivity contribution in [1.29, 1.82) is 0 Å². The van der Waals surface area contributed by atoms with Gasteiger partial charge in [0.2, 0.25) is 5.95 Å². The number of esters is 1. The van der Waals surface area contributed by atoms with Gasteiger partial charge in [0, 0.05) is 19.6 Å². The molecule has 0 radical (unpaired) electrons. The third-order valence-corrected chi connectivity index (χ3v) is 8.18. The van der Waals surface area contributed by atoms with E-state index in [0.29, 0.717) is 12.1 Å². The van der Waals surface area contributed by atoms with Gasteiger partial charge in [-0.3, -0.25) is 9.69 Å². The minimum atomic E-state index is -5.11. The Hall–Kier alpha value is -4.81. The molecule has 3 aromatic rings. The van der Waals surface area contributed by atoms with E-state index < -0.39 is 77.0 Å². The Labute approximate surface area is 310 Å². The Bertz CT molecular complexity index is 1790. The fourth-order valence-electron chi connectivity index (χ4n) is 5.78. The molecule has 4 rings (SSSR count). The maximum absolute atomic E-state index is 13.9. The zero-order valence-corrected chi connectivity index (χ0v) is 30.3. The van der Waals surface area contributed by atoms with Gasteiger partial charge in [-0.2, -0.15) is 39.5 Å². The molecule has 55 heavy (non-hydrogen) atoms. The van der Waals surface area contributed by atoms with Gasteiger partial charge in [0.1, 0.15) is 18.8 Å². The van der Waals surface area contributed by atoms with E-state index in [1.54, 1.807) is 27.7 Å². The molecule has 1 N–H and O–H groups in total. The predicted octanol–water partition coefficient (Wildman–Crippen LogP) is 9.16. The summed E-state index contributed by atoms with van der Waals surface area (Å²) in [6.45, 7) is 6.30. The van der Waals surface area contributed by atoms with E-state index in [4.69, 9.17) is 18.9 Å². The minimum absolute atomic E-state index is 0.00750. The highest BCUT2D eigenvalue weighted by Crippen LogP contribution is 2.43. The summed E-state index contributed by atoms with van der Waals surface area (Å²) in [5, 5.41) is 2.94. The second-order valence-corrected chi connectivity index (χ2v) is 13.5. The normalized spacial score (nSPS) is 16.4. The number of hydrogen-bond acceptors (Lipinski definition) is 9. The molecule has 0 saturated carbocycles. The number of ether oxygens (including phenoxy) is 4. The van der Waals surface area contributed by atoms with Gasteiger partial charge in [-0.05, 0) is 81.1 Å². The number of fused-ring (bicyclic) bond motifs is 1. The van der Waals surface area contributed by atoms with Gasteiger partial charge < -0.3 is 24.3 Å². The lowest BCUT2D eigenvalue weighted by Gasteiger charge is -2.40. The van der Waals surface area contributed by atoms with Crippen LogP contribution in [0.3, 0.4) is 0 Å². The Balaban J connectivity index is 1.71. The Morgan fingerprint density at radius 3 is 2.07 bits per heavy atom. The first kappa shape index (κ1) is 42.9. The molecule has 2 atom stereocenters. The fraction of sp³-hybridized carbons (Fsp3) is 0.500. The molecule has 0 spiro atoms. The van der Waals surface area contributed by atoms with Crippen LogP contribution in [0.1, 0.15) is 86.5 Å². The number of hydrogen-bond donors (Lipinski definition) is 1. The van der Waals surface area contributed by atoms with Crippen molar-refractivity contribution in [2.75, 3.05) is 37.1 Å². The highest BCUT2D eigenvalue weighted by Gasteiger charge is 2.40. The molecule has 0 saturated heterocycles. The first-order valence-electron chi connectivity index (χ1n) is 16.9. The van der Waals surface area contributed by atoms with Crippen LogP contribution in [0.15, 0.2) is 42.6 Å². The largest absolute Gasteiger partial charge is 0.488 e. The second kappa shape index (κ2) is 16.9. The van der Waals surface area contributed by atoms with E-state index in [1.165, 1.54) is 12.0 Å². The number of nitrogens with one attached hydrogen (secondary N) is 1. The molecule has 19 heteroatoms. The van der Waals surface area contributed by atoms with Gasteiger partial charge in [0.05, 0.1) is 53.3 Å². The zero-order chi connectivity index (χ0) is 40.9. The van der Waals surface area contributed by atoms with Crippen molar-refractivity contribution in [3.05, 3.63) is 76.1 Å². The molecule has 302 valence electrons. The molecule has 10 nitrogen and oxygen atoms in total. The zero-order valence-electron chi connectivity index (χ0n) is 30.3. The summed E-state index contributed by atoms with van der Waals surface area (Å²) in [4.78, 5) is 35.2. The summed E-state index contributed by atoms with van der Waals surface area (Å²) >= 11 is 0. The average Bonchev–Trinajstić information content (AvgIpc) is 3.06. The third-order valence-electron chi connectivity index (χ3n) is 8.18. The standard InChI is InChI=1S/C36H39F9N4O6/c1-6-24-18-26(25-17-21(34(37,38)39)7-8-28(25)49(24)32(51)54-10-9-30(50)55-33(2,3)4)47-31-46-19-29(53-12-11-52-5)27(48-31)15-20-13-22(35(40,41)42)16-23(14-20)36(43,44)45/h7-8,13-14,16-17,19,24,26H,6,9-12,15,18H2,1-5H3,(H,46,47,48)/t24-,26+/m1/s1. The van der Waals surface area contributed by atoms with Gasteiger partial charge in [-0.15, -0.1) is 0 Å². The number of amides is 1. The van der Waals surface area contributed by atoms with Crippen LogP contribution in [0.5, 0.6) is 5.75 Å². The Morgan fingerprint density at radius 2 is 1.51 bits per heavy atom. The smallest absolute Gasteiger partial charge is 0.416 e. The molecule has 0 unspecified atom stereocenters. The maximum atomic E-state index is 13.9. The molecule has 0 aliphatic carbocycles. The van der Waals surface area contributed by atoms with Crippen LogP contribution < -0.4 is 15.0 Å². The van der Waals surface area contributed by atoms with Gasteiger partial charge in [0.15, 0.2) is 5.75 Å². The van der Waals surface area contributed by atoms with Crippen molar-refractivity contribution >= 4 is 23.7 Å². The lowest BCUT2D eigenvalue weighted by Crippen LogP contribution is -2.46. The maximum Gasteiger partial charge on any atom is 0.416 e. The number of benzene rings is 2. The number of halogens is 9. The summed E-state index contributed by atoms with van der Waals surface area (Å²) in [5.41, 5.74) is -5.41. The van der Waals surface area contributed by atoms with Crippen molar-refractivity contribution in [2.45, 2.75) is 89.6 Å². The van der Waals surface area contributed by atoms with Gasteiger partial charge >= 0.3 is 30.6 Å². The van der Waals surface area contributed by atoms with Crippen LogP contribution in [0.25, 0.3) is 0 Å².